The molecule has 0 aromatic heterocycles. The minimum absolute atomic E-state index is 0.684. The first-order chi connectivity index (χ1) is 14.3. The Bertz CT molecular complexity index is 1030. The summed E-state index contributed by atoms with van der Waals surface area (Å²) in [5, 5.41) is 2.55. The van der Waals surface area contributed by atoms with E-state index in [0.717, 1.165) is 31.2 Å². The highest BCUT2D eigenvalue weighted by molar-refractivity contribution is 6.11. The molecule has 1 heterocycles. The Morgan fingerprint density at radius 1 is 0.897 bits per heavy atom. The Balaban J connectivity index is 1.54. The van der Waals surface area contributed by atoms with E-state index >= 15 is 0 Å². The quantitative estimate of drug-likeness (QED) is 0.646. The van der Waals surface area contributed by atoms with Crippen LogP contribution in [-0.4, -0.2) is 23.8 Å². The molecule has 0 radical (unpaired) electrons. The number of para-hydroxylation sites is 1. The number of nitrogens with zero attached hydrogens (tertiary/aromatic N) is 2. The van der Waals surface area contributed by atoms with Crippen molar-refractivity contribution in [2.75, 3.05) is 13.1 Å². The average Bonchev–Trinajstić information content (AvgIpc) is 2.78. The summed E-state index contributed by atoms with van der Waals surface area (Å²) >= 11 is 0. The van der Waals surface area contributed by atoms with Crippen LogP contribution < -0.4 is 5.73 Å². The lowest BCUT2D eigenvalue weighted by Gasteiger charge is -2.37. The number of fused-ring (bicyclic) bond motifs is 2. The number of hydrogen-bond acceptors (Lipinski definition) is 3. The maximum atomic E-state index is 6.01. The minimum Gasteiger partial charge on any atom is -0.351 e. The molecule has 2 atom stereocenters. The molecule has 3 nitrogen and oxygen atoms in total. The number of aliphatic imine (C=N–C) groups is 1. The van der Waals surface area contributed by atoms with Crippen molar-refractivity contribution < 1.29 is 0 Å². The predicted molar refractivity (Wildman–Crippen MR) is 121 cm³/mol. The van der Waals surface area contributed by atoms with Gasteiger partial charge in [0.25, 0.3) is 0 Å². The van der Waals surface area contributed by atoms with Crippen molar-refractivity contribution >= 4 is 22.3 Å². The van der Waals surface area contributed by atoms with E-state index in [0.29, 0.717) is 11.8 Å². The van der Waals surface area contributed by atoms with Crippen molar-refractivity contribution in [3.8, 4) is 0 Å². The van der Waals surface area contributed by atoms with Gasteiger partial charge in [-0.3, -0.25) is 0 Å². The highest BCUT2D eigenvalue weighted by Gasteiger charge is 2.27. The average molecular weight is 384 g/mol. The third-order valence-corrected chi connectivity index (χ3v) is 6.61. The highest BCUT2D eigenvalue weighted by Crippen LogP contribution is 2.34. The second-order valence-electron chi connectivity index (χ2n) is 8.61. The summed E-state index contributed by atoms with van der Waals surface area (Å²) in [7, 11) is 0. The van der Waals surface area contributed by atoms with Gasteiger partial charge < -0.3 is 10.6 Å². The van der Waals surface area contributed by atoms with Crippen LogP contribution in [0.3, 0.4) is 0 Å². The summed E-state index contributed by atoms with van der Waals surface area (Å²) in [6, 6.07) is 23.8. The molecule has 29 heavy (non-hydrogen) atoms. The summed E-state index contributed by atoms with van der Waals surface area (Å²) in [6.45, 7) is 2.82. The van der Waals surface area contributed by atoms with Crippen LogP contribution in [0.5, 0.6) is 0 Å². The third-order valence-electron chi connectivity index (χ3n) is 6.61. The summed E-state index contributed by atoms with van der Waals surface area (Å²) in [5.74, 6) is 2.50. The molecule has 1 fully saturated rings. The SMILES string of the molecule is NCC1CCCC(CN2Cc3ccccc3N=C2c2cccc3ccccc23)C1. The van der Waals surface area contributed by atoms with Crippen molar-refractivity contribution in [2.45, 2.75) is 32.2 Å². The fourth-order valence-electron chi connectivity index (χ4n) is 5.11. The molecule has 148 valence electrons. The lowest BCUT2D eigenvalue weighted by molar-refractivity contribution is 0.221. The number of nitrogens with two attached hydrogens (primary N) is 1. The van der Waals surface area contributed by atoms with Gasteiger partial charge in [0.15, 0.2) is 0 Å². The molecule has 3 aromatic carbocycles. The van der Waals surface area contributed by atoms with Crippen LogP contribution in [0.25, 0.3) is 10.8 Å². The van der Waals surface area contributed by atoms with Crippen LogP contribution >= 0.6 is 0 Å². The van der Waals surface area contributed by atoms with Gasteiger partial charge in [-0.2, -0.15) is 0 Å². The Labute approximate surface area is 173 Å². The molecule has 0 amide bonds. The van der Waals surface area contributed by atoms with Gasteiger partial charge in [-0.25, -0.2) is 4.99 Å². The zero-order chi connectivity index (χ0) is 19.6. The van der Waals surface area contributed by atoms with Crippen molar-refractivity contribution in [3.05, 3.63) is 77.9 Å². The molecule has 1 aliphatic carbocycles. The molecule has 5 rings (SSSR count). The van der Waals surface area contributed by atoms with E-state index in [4.69, 9.17) is 10.7 Å². The van der Waals surface area contributed by atoms with Crippen molar-refractivity contribution in [1.82, 2.24) is 4.90 Å². The molecular formula is C26H29N3. The van der Waals surface area contributed by atoms with Crippen molar-refractivity contribution in [3.63, 3.8) is 0 Å². The first-order valence-corrected chi connectivity index (χ1v) is 10.9. The fourth-order valence-corrected chi connectivity index (χ4v) is 5.11. The normalized spacial score (nSPS) is 21.7. The molecule has 0 saturated heterocycles. The van der Waals surface area contributed by atoms with Crippen LogP contribution in [0, 0.1) is 11.8 Å². The van der Waals surface area contributed by atoms with Gasteiger partial charge in [0.1, 0.15) is 5.84 Å². The summed E-state index contributed by atoms with van der Waals surface area (Å²) in [4.78, 5) is 7.69. The van der Waals surface area contributed by atoms with Crippen LogP contribution in [0.4, 0.5) is 5.69 Å². The lowest BCUT2D eigenvalue weighted by atomic mass is 9.81. The first-order valence-electron chi connectivity index (χ1n) is 10.9. The fraction of sp³-hybridized carbons (Fsp3) is 0.346. The molecular weight excluding hydrogens is 354 g/mol. The Hall–Kier alpha value is -2.65. The summed E-state index contributed by atoms with van der Waals surface area (Å²) < 4.78 is 0. The van der Waals surface area contributed by atoms with E-state index in [-0.39, 0.29) is 0 Å². The monoisotopic (exact) mass is 383 g/mol. The summed E-state index contributed by atoms with van der Waals surface area (Å²) in [5.41, 5.74) is 9.67. The molecule has 2 aliphatic rings. The maximum absolute atomic E-state index is 6.01. The largest absolute Gasteiger partial charge is 0.351 e. The van der Waals surface area contributed by atoms with Gasteiger partial charge in [0.05, 0.1) is 5.69 Å². The second kappa shape index (κ2) is 8.00. The number of hydrogen-bond donors (Lipinski definition) is 1. The lowest BCUT2D eigenvalue weighted by Crippen LogP contribution is -2.39. The molecule has 2 N–H and O–H groups in total. The van der Waals surface area contributed by atoms with Gasteiger partial charge in [0, 0.05) is 18.7 Å². The zero-order valence-electron chi connectivity index (χ0n) is 16.9. The van der Waals surface area contributed by atoms with Crippen LogP contribution in [-0.2, 0) is 6.54 Å². The molecule has 3 heteroatoms. The summed E-state index contributed by atoms with van der Waals surface area (Å²) in [6.07, 6.45) is 5.15. The Morgan fingerprint density at radius 3 is 2.62 bits per heavy atom. The van der Waals surface area contributed by atoms with Crippen LogP contribution in [0.15, 0.2) is 71.7 Å². The van der Waals surface area contributed by atoms with E-state index in [1.165, 1.54) is 47.6 Å². The molecule has 0 bridgehead atoms. The Morgan fingerprint density at radius 2 is 1.69 bits per heavy atom. The van der Waals surface area contributed by atoms with Crippen LogP contribution in [0.2, 0.25) is 0 Å². The Kier molecular flexibility index (Phi) is 5.07. The number of amidine groups is 1. The number of rotatable bonds is 4. The van der Waals surface area contributed by atoms with E-state index in [1.54, 1.807) is 0 Å². The highest BCUT2D eigenvalue weighted by atomic mass is 15.2. The number of benzene rings is 3. The third kappa shape index (κ3) is 3.67. The minimum atomic E-state index is 0.684. The van der Waals surface area contributed by atoms with Gasteiger partial charge >= 0.3 is 0 Å². The molecule has 1 saturated carbocycles. The van der Waals surface area contributed by atoms with E-state index < -0.39 is 0 Å². The zero-order valence-corrected chi connectivity index (χ0v) is 16.9. The van der Waals surface area contributed by atoms with Crippen molar-refractivity contribution in [2.24, 2.45) is 22.6 Å². The molecule has 1 aliphatic heterocycles. The van der Waals surface area contributed by atoms with Gasteiger partial charge in [-0.1, -0.05) is 67.1 Å². The predicted octanol–water partition coefficient (Wildman–Crippen LogP) is 5.50. The molecule has 2 unspecified atom stereocenters. The van der Waals surface area contributed by atoms with Gasteiger partial charge in [-0.15, -0.1) is 0 Å². The topological polar surface area (TPSA) is 41.6 Å². The van der Waals surface area contributed by atoms with Gasteiger partial charge in [0.2, 0.25) is 0 Å². The van der Waals surface area contributed by atoms with Crippen LogP contribution in [0.1, 0.15) is 36.8 Å². The van der Waals surface area contributed by atoms with E-state index in [9.17, 15) is 0 Å². The molecule has 3 aromatic rings. The van der Waals surface area contributed by atoms with Crippen molar-refractivity contribution in [1.29, 1.82) is 0 Å². The smallest absolute Gasteiger partial charge is 0.137 e. The first kappa shape index (κ1) is 18.4. The maximum Gasteiger partial charge on any atom is 0.137 e. The van der Waals surface area contributed by atoms with E-state index in [2.05, 4.69) is 71.6 Å². The van der Waals surface area contributed by atoms with E-state index in [1.807, 2.05) is 0 Å². The second-order valence-corrected chi connectivity index (χ2v) is 8.61. The standard InChI is InChI=1S/C26H29N3/c27-16-19-7-5-8-20(15-19)17-29-18-22-10-2-4-14-25(22)28-26(29)24-13-6-11-21-9-1-3-12-23(21)24/h1-4,6,9-14,19-20H,5,7-8,15-18,27H2. The van der Waals surface area contributed by atoms with Gasteiger partial charge in [-0.05, 0) is 60.0 Å². The molecule has 0 spiro atoms.